The molecule has 5 rings (SSSR count). The summed E-state index contributed by atoms with van der Waals surface area (Å²) in [5, 5.41) is 0. The average Bonchev–Trinajstić information content (AvgIpc) is 3.30. The molecule has 0 aliphatic carbocycles. The quantitative estimate of drug-likeness (QED) is 0.474. The molecule has 0 radical (unpaired) electrons. The van der Waals surface area contributed by atoms with Crippen LogP contribution in [0.4, 0.5) is 10.1 Å². The maximum atomic E-state index is 14.1. The minimum atomic E-state index is -0.390. The Morgan fingerprint density at radius 3 is 2.44 bits per heavy atom. The largest absolute Gasteiger partial charge is 0.367 e. The van der Waals surface area contributed by atoms with Crippen molar-refractivity contribution in [1.29, 1.82) is 0 Å². The first-order chi connectivity index (χ1) is 15.4. The molecule has 0 atom stereocenters. The highest BCUT2D eigenvalue weighted by Crippen LogP contribution is 2.20. The molecular formula is C22H26FN7O2. The molecule has 168 valence electrons. The minimum Gasteiger partial charge on any atom is -0.367 e. The third-order valence-electron chi connectivity index (χ3n) is 6.46. The molecule has 0 spiro atoms. The topological polar surface area (TPSA) is 72.7 Å². The van der Waals surface area contributed by atoms with Gasteiger partial charge >= 0.3 is 5.69 Å². The zero-order valence-corrected chi connectivity index (χ0v) is 18.5. The van der Waals surface area contributed by atoms with Crippen molar-refractivity contribution in [2.75, 3.05) is 37.6 Å². The number of nitrogens with zero attached hydrogens (tertiary/aromatic N) is 7. The zero-order chi connectivity index (χ0) is 22.6. The number of aryl methyl sites for hydroxylation is 2. The Morgan fingerprint density at radius 2 is 1.72 bits per heavy atom. The molecule has 0 amide bonds. The highest BCUT2D eigenvalue weighted by molar-refractivity contribution is 5.75. The van der Waals surface area contributed by atoms with Crippen LogP contribution >= 0.6 is 0 Å². The fourth-order valence-electron chi connectivity index (χ4n) is 4.57. The second-order valence-electron chi connectivity index (χ2n) is 8.36. The Balaban J connectivity index is 1.36. The monoisotopic (exact) mass is 439 g/mol. The van der Waals surface area contributed by atoms with Gasteiger partial charge in [-0.2, -0.15) is 4.98 Å². The lowest BCUT2D eigenvalue weighted by atomic mass is 10.2. The van der Waals surface area contributed by atoms with Crippen LogP contribution in [0.1, 0.15) is 5.69 Å². The smallest absolute Gasteiger partial charge is 0.332 e. The molecule has 0 unspecified atom stereocenters. The van der Waals surface area contributed by atoms with E-state index in [-0.39, 0.29) is 17.1 Å². The molecule has 1 aromatic carbocycles. The predicted octanol–water partition coefficient (Wildman–Crippen LogP) is 0.956. The van der Waals surface area contributed by atoms with E-state index in [9.17, 15) is 14.0 Å². The van der Waals surface area contributed by atoms with Crippen LogP contribution in [0.3, 0.4) is 0 Å². The summed E-state index contributed by atoms with van der Waals surface area (Å²) in [4.78, 5) is 34.1. The summed E-state index contributed by atoms with van der Waals surface area (Å²) in [5.41, 5.74) is 1.71. The van der Waals surface area contributed by atoms with Gasteiger partial charge in [-0.1, -0.05) is 12.1 Å². The summed E-state index contributed by atoms with van der Waals surface area (Å²) in [5.74, 6) is 0.471. The van der Waals surface area contributed by atoms with Crippen LogP contribution in [0, 0.1) is 12.7 Å². The van der Waals surface area contributed by atoms with Gasteiger partial charge in [0.05, 0.1) is 5.69 Å². The van der Waals surface area contributed by atoms with Crippen LogP contribution in [-0.4, -0.2) is 60.7 Å². The third kappa shape index (κ3) is 3.13. The second-order valence-corrected chi connectivity index (χ2v) is 8.36. The molecule has 0 saturated carbocycles. The fraction of sp³-hybridized carbons (Fsp3) is 0.409. The van der Waals surface area contributed by atoms with Gasteiger partial charge in [-0.3, -0.25) is 23.2 Å². The zero-order valence-electron chi connectivity index (χ0n) is 18.5. The van der Waals surface area contributed by atoms with Gasteiger partial charge in [0.1, 0.15) is 5.82 Å². The Morgan fingerprint density at radius 1 is 1.00 bits per heavy atom. The van der Waals surface area contributed by atoms with Crippen LogP contribution in [0.2, 0.25) is 0 Å². The van der Waals surface area contributed by atoms with Crippen molar-refractivity contribution in [3.05, 3.63) is 62.8 Å². The molecule has 1 saturated heterocycles. The molecule has 4 aromatic rings. The normalized spacial score (nSPS) is 15.3. The molecular weight excluding hydrogens is 413 g/mol. The van der Waals surface area contributed by atoms with Gasteiger partial charge in [0.25, 0.3) is 5.56 Å². The van der Waals surface area contributed by atoms with Gasteiger partial charge < -0.3 is 9.47 Å². The number of rotatable bonds is 4. The van der Waals surface area contributed by atoms with Gasteiger partial charge in [-0.15, -0.1) is 0 Å². The first kappa shape index (κ1) is 20.5. The lowest BCUT2D eigenvalue weighted by Gasteiger charge is -2.36. The number of benzene rings is 1. The highest BCUT2D eigenvalue weighted by atomic mass is 19.1. The SMILES string of the molecule is Cc1cn2c3c(=O)n(C)c(=O)n(C)c3nc2n1CCN1CCN(c2ccccc2F)CC1. The second kappa shape index (κ2) is 7.63. The number of piperazine rings is 1. The van der Waals surface area contributed by atoms with E-state index in [0.717, 1.165) is 43.0 Å². The lowest BCUT2D eigenvalue weighted by Crippen LogP contribution is -2.47. The molecule has 32 heavy (non-hydrogen) atoms. The molecule has 1 aliphatic rings. The maximum absolute atomic E-state index is 14.1. The van der Waals surface area contributed by atoms with Crippen molar-refractivity contribution in [1.82, 2.24) is 28.0 Å². The van der Waals surface area contributed by atoms with E-state index in [2.05, 4.69) is 19.4 Å². The number of para-hydroxylation sites is 1. The number of fused-ring (bicyclic) bond motifs is 3. The first-order valence-electron chi connectivity index (χ1n) is 10.7. The van der Waals surface area contributed by atoms with E-state index in [1.807, 2.05) is 25.3 Å². The third-order valence-corrected chi connectivity index (χ3v) is 6.46. The van der Waals surface area contributed by atoms with Crippen LogP contribution in [0.15, 0.2) is 40.1 Å². The Kier molecular flexibility index (Phi) is 4.89. The predicted molar refractivity (Wildman–Crippen MR) is 121 cm³/mol. The summed E-state index contributed by atoms with van der Waals surface area (Å²) in [6.07, 6.45) is 1.90. The summed E-state index contributed by atoms with van der Waals surface area (Å²) in [7, 11) is 3.11. The van der Waals surface area contributed by atoms with E-state index in [1.165, 1.54) is 17.7 Å². The molecule has 0 bridgehead atoms. The van der Waals surface area contributed by atoms with Crippen LogP contribution in [-0.2, 0) is 20.6 Å². The fourth-order valence-corrected chi connectivity index (χ4v) is 4.57. The summed E-state index contributed by atoms with van der Waals surface area (Å²) >= 11 is 0. The van der Waals surface area contributed by atoms with Gasteiger partial charge in [0, 0.05) is 65.3 Å². The lowest BCUT2D eigenvalue weighted by molar-refractivity contribution is 0.248. The van der Waals surface area contributed by atoms with Crippen molar-refractivity contribution in [2.24, 2.45) is 14.1 Å². The van der Waals surface area contributed by atoms with E-state index in [1.54, 1.807) is 17.5 Å². The van der Waals surface area contributed by atoms with Gasteiger partial charge in [-0.25, -0.2) is 9.18 Å². The standard InChI is InChI=1S/C22H26FN7O2/c1-15-14-30-18-19(25(2)22(32)26(3)20(18)31)24-21(30)29(15)13-10-27-8-11-28(12-9-27)17-7-5-4-6-16(17)23/h4-7,14H,8-13H2,1-3H3. The maximum Gasteiger partial charge on any atom is 0.332 e. The van der Waals surface area contributed by atoms with Crippen LogP contribution in [0.5, 0.6) is 0 Å². The van der Waals surface area contributed by atoms with Crippen molar-refractivity contribution < 1.29 is 4.39 Å². The number of anilines is 1. The van der Waals surface area contributed by atoms with Gasteiger partial charge in [0.15, 0.2) is 11.2 Å². The Labute approximate surface area is 183 Å². The van der Waals surface area contributed by atoms with Crippen molar-refractivity contribution in [3.8, 4) is 0 Å². The highest BCUT2D eigenvalue weighted by Gasteiger charge is 2.21. The van der Waals surface area contributed by atoms with E-state index < -0.39 is 0 Å². The van der Waals surface area contributed by atoms with E-state index in [4.69, 9.17) is 0 Å². The van der Waals surface area contributed by atoms with Crippen molar-refractivity contribution >= 4 is 22.6 Å². The van der Waals surface area contributed by atoms with Crippen LogP contribution < -0.4 is 16.1 Å². The van der Waals surface area contributed by atoms with Gasteiger partial charge in [-0.05, 0) is 19.1 Å². The number of aromatic nitrogens is 5. The molecule has 9 nitrogen and oxygen atoms in total. The summed E-state index contributed by atoms with van der Waals surface area (Å²) < 4.78 is 20.5. The molecule has 3 aromatic heterocycles. The van der Waals surface area contributed by atoms with Crippen molar-refractivity contribution in [3.63, 3.8) is 0 Å². The molecule has 10 heteroatoms. The average molecular weight is 439 g/mol. The Hall–Kier alpha value is -3.40. The van der Waals surface area contributed by atoms with Gasteiger partial charge in [0.2, 0.25) is 5.78 Å². The number of hydrogen-bond acceptors (Lipinski definition) is 5. The number of hydrogen-bond donors (Lipinski definition) is 0. The molecule has 1 aliphatic heterocycles. The van der Waals surface area contributed by atoms with E-state index >= 15 is 0 Å². The molecule has 1 fully saturated rings. The minimum absolute atomic E-state index is 0.182. The number of halogens is 1. The summed E-state index contributed by atoms with van der Waals surface area (Å²) in [6.45, 7) is 6.74. The number of imidazole rings is 2. The summed E-state index contributed by atoms with van der Waals surface area (Å²) in [6, 6.07) is 6.90. The Bertz CT molecular complexity index is 1440. The van der Waals surface area contributed by atoms with Crippen molar-refractivity contribution in [2.45, 2.75) is 13.5 Å². The first-order valence-corrected chi connectivity index (χ1v) is 10.7. The van der Waals surface area contributed by atoms with Crippen LogP contribution in [0.25, 0.3) is 16.9 Å². The molecule has 0 N–H and O–H groups in total. The van der Waals surface area contributed by atoms with E-state index in [0.29, 0.717) is 29.2 Å². The molecule has 4 heterocycles.